The molecule has 0 radical (unpaired) electrons. The molecule has 12 heteroatoms. The van der Waals surface area contributed by atoms with E-state index in [9.17, 15) is 22.0 Å². The van der Waals surface area contributed by atoms with E-state index >= 15 is 0 Å². The van der Waals surface area contributed by atoms with Gasteiger partial charge in [-0.05, 0) is 25.5 Å². The molecular weight excluding hydrogens is 425 g/mol. The zero-order chi connectivity index (χ0) is 20.6. The number of sulfonamides is 1. The second kappa shape index (κ2) is 7.76. The summed E-state index contributed by atoms with van der Waals surface area (Å²) in [6.45, 7) is 3.04. The van der Waals surface area contributed by atoms with Gasteiger partial charge in [0.1, 0.15) is 5.82 Å². The molecule has 0 aliphatic carbocycles. The van der Waals surface area contributed by atoms with E-state index in [1.165, 1.54) is 13.0 Å². The van der Waals surface area contributed by atoms with Gasteiger partial charge in [0, 0.05) is 6.42 Å². The van der Waals surface area contributed by atoms with E-state index in [1.54, 1.807) is 6.92 Å². The second-order valence-electron chi connectivity index (χ2n) is 6.00. The summed E-state index contributed by atoms with van der Waals surface area (Å²) in [4.78, 5) is 12.6. The molecule has 1 aromatic carbocycles. The fourth-order valence-electron chi connectivity index (χ4n) is 2.48. The van der Waals surface area contributed by atoms with Crippen molar-refractivity contribution >= 4 is 38.9 Å². The lowest BCUT2D eigenvalue weighted by atomic mass is 10.2. The van der Waals surface area contributed by atoms with Gasteiger partial charge in [0.2, 0.25) is 10.0 Å². The Morgan fingerprint density at radius 3 is 2.44 bits per heavy atom. The van der Waals surface area contributed by atoms with Crippen molar-refractivity contribution in [2.24, 2.45) is 0 Å². The maximum atomic E-state index is 14.4. The van der Waals surface area contributed by atoms with Crippen LogP contribution in [-0.4, -0.2) is 29.0 Å². The Hall–Kier alpha value is -1.65. The van der Waals surface area contributed by atoms with Crippen LogP contribution < -0.4 is 10.4 Å². The van der Waals surface area contributed by atoms with Crippen molar-refractivity contribution in [2.75, 3.05) is 11.0 Å². The third kappa shape index (κ3) is 4.80. The van der Waals surface area contributed by atoms with Crippen molar-refractivity contribution in [3.63, 3.8) is 0 Å². The van der Waals surface area contributed by atoms with Crippen LogP contribution in [0.15, 0.2) is 16.9 Å². The van der Waals surface area contributed by atoms with Gasteiger partial charge < -0.3 is 0 Å². The van der Waals surface area contributed by atoms with Crippen molar-refractivity contribution in [3.05, 3.63) is 38.5 Å². The largest absolute Gasteiger partial charge is 0.355 e. The summed E-state index contributed by atoms with van der Waals surface area (Å²) in [7, 11) is -3.67. The van der Waals surface area contributed by atoms with Crippen LogP contribution in [0.25, 0.3) is 5.69 Å². The Kier molecular flexibility index (Phi) is 6.23. The van der Waals surface area contributed by atoms with Gasteiger partial charge in [-0.2, -0.15) is 13.5 Å². The Morgan fingerprint density at radius 1 is 1.26 bits per heavy atom. The van der Waals surface area contributed by atoms with Crippen molar-refractivity contribution < 1.29 is 17.2 Å². The first-order valence-corrected chi connectivity index (χ1v) is 10.6. The monoisotopic (exact) mass is 442 g/mol. The molecule has 1 N–H and O–H groups in total. The fraction of sp³-hybridized carbons (Fsp3) is 0.467. The number of aryl methyl sites for hydroxylation is 1. The standard InChI is InChI=1S/C15H18Cl2F2N4O3S/c1-4-5-6-15(18,19)22-9(2)20-23(14(22)24)13-8-12(21-27(3,25)26)10(16)7-11(13)17/h7-8,21H,4-6H2,1-3H3. The predicted molar refractivity (Wildman–Crippen MR) is 101 cm³/mol. The summed E-state index contributed by atoms with van der Waals surface area (Å²) < 4.78 is 54.9. The molecule has 0 unspecified atom stereocenters. The molecule has 1 aromatic heterocycles. The number of aromatic nitrogens is 3. The number of hydrogen-bond acceptors (Lipinski definition) is 4. The summed E-state index contributed by atoms with van der Waals surface area (Å²) in [5.41, 5.74) is -1.23. The molecule has 1 heterocycles. The SMILES string of the molecule is CCCCC(F)(F)n1c(C)nn(-c2cc(NS(C)(=O)=O)c(Cl)cc2Cl)c1=O. The number of halogens is 4. The lowest BCUT2D eigenvalue weighted by Gasteiger charge is -2.17. The minimum absolute atomic E-state index is 0.0216. The molecule has 0 aliphatic rings. The molecule has 0 fully saturated rings. The molecule has 0 amide bonds. The summed E-state index contributed by atoms with van der Waals surface area (Å²) in [6, 6.07) is -1.06. The Bertz CT molecular complexity index is 1020. The number of hydrogen-bond donors (Lipinski definition) is 1. The highest BCUT2D eigenvalue weighted by Crippen LogP contribution is 2.32. The van der Waals surface area contributed by atoms with Gasteiger partial charge in [-0.15, -0.1) is 5.10 Å². The summed E-state index contributed by atoms with van der Waals surface area (Å²) in [5.74, 6) is -0.204. The second-order valence-corrected chi connectivity index (χ2v) is 8.57. The van der Waals surface area contributed by atoms with E-state index in [4.69, 9.17) is 23.2 Å². The Morgan fingerprint density at radius 2 is 1.89 bits per heavy atom. The summed E-state index contributed by atoms with van der Waals surface area (Å²) >= 11 is 12.0. The number of unbranched alkanes of at least 4 members (excludes halogenated alkanes) is 1. The predicted octanol–water partition coefficient (Wildman–Crippen LogP) is 3.76. The van der Waals surface area contributed by atoms with Crippen LogP contribution in [0.4, 0.5) is 14.5 Å². The van der Waals surface area contributed by atoms with E-state index in [1.807, 2.05) is 0 Å². The third-order valence-corrected chi connectivity index (χ3v) is 4.87. The maximum absolute atomic E-state index is 14.4. The lowest BCUT2D eigenvalue weighted by Crippen LogP contribution is -2.35. The van der Waals surface area contributed by atoms with Crippen LogP contribution in [0.1, 0.15) is 32.0 Å². The molecule has 150 valence electrons. The Labute approximate surface area is 164 Å². The van der Waals surface area contributed by atoms with Crippen LogP contribution in [0, 0.1) is 6.92 Å². The van der Waals surface area contributed by atoms with Gasteiger partial charge in [0.25, 0.3) is 0 Å². The van der Waals surface area contributed by atoms with E-state index in [2.05, 4.69) is 9.82 Å². The van der Waals surface area contributed by atoms with Gasteiger partial charge in [-0.3, -0.25) is 4.72 Å². The average molecular weight is 443 g/mol. The number of nitrogens with zero attached hydrogens (tertiary/aromatic N) is 3. The number of nitrogens with one attached hydrogen (secondary N) is 1. The van der Waals surface area contributed by atoms with E-state index < -0.39 is 28.2 Å². The zero-order valence-corrected chi connectivity index (χ0v) is 17.1. The number of rotatable bonds is 7. The molecule has 0 atom stereocenters. The van der Waals surface area contributed by atoms with Crippen molar-refractivity contribution in [2.45, 2.75) is 39.2 Å². The molecule has 0 spiro atoms. The summed E-state index contributed by atoms with van der Waals surface area (Å²) in [5, 5.41) is 3.79. The average Bonchev–Trinajstić information content (AvgIpc) is 2.82. The topological polar surface area (TPSA) is 86.0 Å². The van der Waals surface area contributed by atoms with Gasteiger partial charge in [-0.1, -0.05) is 36.5 Å². The van der Waals surface area contributed by atoms with Gasteiger partial charge in [-0.25, -0.2) is 17.8 Å². The van der Waals surface area contributed by atoms with Crippen LogP contribution in [0.5, 0.6) is 0 Å². The quantitative estimate of drug-likeness (QED) is 0.706. The molecular formula is C15H18Cl2F2N4O3S. The number of anilines is 1. The number of benzene rings is 1. The highest BCUT2D eigenvalue weighted by atomic mass is 35.5. The highest BCUT2D eigenvalue weighted by Gasteiger charge is 2.36. The number of alkyl halides is 2. The molecule has 2 aromatic rings. The van der Waals surface area contributed by atoms with Gasteiger partial charge >= 0.3 is 11.7 Å². The van der Waals surface area contributed by atoms with E-state index in [0.717, 1.165) is 12.3 Å². The maximum Gasteiger partial charge on any atom is 0.355 e. The molecule has 0 bridgehead atoms. The smallest absolute Gasteiger partial charge is 0.282 e. The molecule has 7 nitrogen and oxygen atoms in total. The normalized spacial score (nSPS) is 12.4. The Balaban J connectivity index is 2.62. The molecule has 0 aliphatic heterocycles. The van der Waals surface area contributed by atoms with E-state index in [-0.39, 0.29) is 33.7 Å². The summed E-state index contributed by atoms with van der Waals surface area (Å²) in [6.07, 6.45) is 1.18. The van der Waals surface area contributed by atoms with Crippen LogP contribution >= 0.6 is 23.2 Å². The van der Waals surface area contributed by atoms with Gasteiger partial charge in [0.15, 0.2) is 0 Å². The highest BCUT2D eigenvalue weighted by molar-refractivity contribution is 7.92. The molecule has 0 saturated heterocycles. The van der Waals surface area contributed by atoms with Gasteiger partial charge in [0.05, 0.1) is 27.7 Å². The van der Waals surface area contributed by atoms with Crippen molar-refractivity contribution in [3.8, 4) is 5.69 Å². The van der Waals surface area contributed by atoms with Crippen molar-refractivity contribution in [1.29, 1.82) is 0 Å². The minimum atomic E-state index is -3.67. The lowest BCUT2D eigenvalue weighted by molar-refractivity contribution is -0.0947. The van der Waals surface area contributed by atoms with Crippen LogP contribution in [-0.2, 0) is 16.1 Å². The first-order valence-electron chi connectivity index (χ1n) is 7.91. The van der Waals surface area contributed by atoms with Crippen LogP contribution in [0.2, 0.25) is 10.0 Å². The molecule has 0 saturated carbocycles. The molecule has 2 rings (SSSR count). The zero-order valence-electron chi connectivity index (χ0n) is 14.8. The van der Waals surface area contributed by atoms with E-state index in [0.29, 0.717) is 15.7 Å². The first-order chi connectivity index (χ1) is 12.4. The van der Waals surface area contributed by atoms with Crippen LogP contribution in [0.3, 0.4) is 0 Å². The fourth-order valence-corrected chi connectivity index (χ4v) is 3.61. The molecule has 27 heavy (non-hydrogen) atoms. The minimum Gasteiger partial charge on any atom is -0.282 e. The first kappa shape index (κ1) is 21.6. The third-order valence-electron chi connectivity index (χ3n) is 3.66. The van der Waals surface area contributed by atoms with Crippen molar-refractivity contribution in [1.82, 2.24) is 14.3 Å².